The van der Waals surface area contributed by atoms with Gasteiger partial charge in [-0.05, 0) is 42.5 Å². The van der Waals surface area contributed by atoms with Crippen LogP contribution in [0.15, 0.2) is 91.1 Å². The van der Waals surface area contributed by atoms with Gasteiger partial charge in [-0.1, -0.05) is 42.5 Å². The molecule has 0 aliphatic carbocycles. The molecule has 0 aliphatic heterocycles. The molecule has 1 aromatic heterocycles. The van der Waals surface area contributed by atoms with Crippen molar-refractivity contribution in [3.8, 4) is 0 Å². The molecule has 0 spiro atoms. The maximum absolute atomic E-state index is 3.29. The van der Waals surface area contributed by atoms with E-state index in [4.69, 9.17) is 0 Å². The maximum Gasteiger partial charge on any atom is 0.0555 e. The van der Waals surface area contributed by atoms with Gasteiger partial charge in [0.05, 0.1) is 5.69 Å². The highest BCUT2D eigenvalue weighted by atomic mass is 15.1. The fraction of sp³-hybridized carbons (Fsp3) is 0. The first-order chi connectivity index (χ1) is 10.9. The van der Waals surface area contributed by atoms with Gasteiger partial charge in [0.25, 0.3) is 0 Å². The Balaban J connectivity index is 1.97. The highest BCUT2D eigenvalue weighted by Crippen LogP contribution is 2.37. The van der Waals surface area contributed by atoms with Crippen LogP contribution in [0.5, 0.6) is 0 Å². The minimum Gasteiger partial charge on any atom is -0.361 e. The lowest BCUT2D eigenvalue weighted by Crippen LogP contribution is -2.09. The summed E-state index contributed by atoms with van der Waals surface area (Å²) in [5, 5.41) is 1.22. The third-order valence-electron chi connectivity index (χ3n) is 3.84. The molecule has 2 nitrogen and oxygen atoms in total. The van der Waals surface area contributed by atoms with Gasteiger partial charge in [0.15, 0.2) is 0 Å². The minimum atomic E-state index is 1.15. The van der Waals surface area contributed by atoms with Gasteiger partial charge in [-0.25, -0.2) is 0 Å². The van der Waals surface area contributed by atoms with Crippen LogP contribution in [0.1, 0.15) is 0 Å². The van der Waals surface area contributed by atoms with E-state index < -0.39 is 0 Å². The highest BCUT2D eigenvalue weighted by molar-refractivity contribution is 5.97. The number of fused-ring (bicyclic) bond motifs is 1. The molecule has 1 N–H and O–H groups in total. The molecule has 2 heteroatoms. The van der Waals surface area contributed by atoms with Crippen molar-refractivity contribution in [3.63, 3.8) is 0 Å². The first kappa shape index (κ1) is 12.7. The van der Waals surface area contributed by atoms with Crippen molar-refractivity contribution in [2.24, 2.45) is 0 Å². The summed E-state index contributed by atoms with van der Waals surface area (Å²) in [6.45, 7) is 0. The molecule has 3 aromatic carbocycles. The van der Waals surface area contributed by atoms with E-state index in [2.05, 4.69) is 82.7 Å². The van der Waals surface area contributed by atoms with Gasteiger partial charge in [0, 0.05) is 28.5 Å². The molecular weight excluding hydrogens is 268 g/mol. The van der Waals surface area contributed by atoms with Gasteiger partial charge >= 0.3 is 0 Å². The first-order valence-electron chi connectivity index (χ1n) is 7.40. The highest BCUT2D eigenvalue weighted by Gasteiger charge is 2.14. The van der Waals surface area contributed by atoms with Crippen molar-refractivity contribution in [1.82, 2.24) is 4.98 Å². The zero-order chi connectivity index (χ0) is 14.8. The lowest BCUT2D eigenvalue weighted by molar-refractivity contribution is 1.30. The Bertz CT molecular complexity index is 840. The Labute approximate surface area is 129 Å². The van der Waals surface area contributed by atoms with E-state index in [-0.39, 0.29) is 0 Å². The van der Waals surface area contributed by atoms with Crippen LogP contribution >= 0.6 is 0 Å². The zero-order valence-electron chi connectivity index (χ0n) is 12.1. The molecular formula is C20H16N2. The van der Waals surface area contributed by atoms with Crippen LogP contribution in [-0.2, 0) is 0 Å². The second kappa shape index (κ2) is 5.41. The molecule has 0 fully saturated rings. The molecule has 4 aromatic rings. The number of para-hydroxylation sites is 2. The smallest absolute Gasteiger partial charge is 0.0555 e. The topological polar surface area (TPSA) is 19.0 Å². The van der Waals surface area contributed by atoms with Crippen molar-refractivity contribution in [1.29, 1.82) is 0 Å². The summed E-state index contributed by atoms with van der Waals surface area (Å²) >= 11 is 0. The van der Waals surface area contributed by atoms with E-state index in [1.165, 1.54) is 11.1 Å². The largest absolute Gasteiger partial charge is 0.361 e. The monoisotopic (exact) mass is 284 g/mol. The number of benzene rings is 3. The van der Waals surface area contributed by atoms with Crippen molar-refractivity contribution in [2.45, 2.75) is 0 Å². The Morgan fingerprint density at radius 3 is 1.86 bits per heavy atom. The van der Waals surface area contributed by atoms with E-state index >= 15 is 0 Å². The van der Waals surface area contributed by atoms with E-state index in [0.29, 0.717) is 0 Å². The fourth-order valence-electron chi connectivity index (χ4n) is 2.85. The third kappa shape index (κ3) is 2.15. The lowest BCUT2D eigenvalue weighted by atomic mass is 10.1. The normalized spacial score (nSPS) is 10.7. The van der Waals surface area contributed by atoms with Crippen molar-refractivity contribution in [2.75, 3.05) is 4.90 Å². The predicted octanol–water partition coefficient (Wildman–Crippen LogP) is 5.64. The number of rotatable bonds is 3. The molecule has 0 amide bonds. The maximum atomic E-state index is 3.29. The van der Waals surface area contributed by atoms with Crippen molar-refractivity contribution < 1.29 is 0 Å². The predicted molar refractivity (Wildman–Crippen MR) is 93.0 cm³/mol. The van der Waals surface area contributed by atoms with E-state index in [1.807, 2.05) is 18.3 Å². The summed E-state index contributed by atoms with van der Waals surface area (Å²) in [4.78, 5) is 5.58. The van der Waals surface area contributed by atoms with Gasteiger partial charge in [-0.2, -0.15) is 0 Å². The average molecular weight is 284 g/mol. The van der Waals surface area contributed by atoms with Crippen LogP contribution in [0.3, 0.4) is 0 Å². The van der Waals surface area contributed by atoms with Crippen LogP contribution in [0.4, 0.5) is 17.1 Å². The van der Waals surface area contributed by atoms with Crippen molar-refractivity contribution >= 4 is 28.0 Å². The Morgan fingerprint density at radius 2 is 1.23 bits per heavy atom. The third-order valence-corrected chi connectivity index (χ3v) is 3.84. The van der Waals surface area contributed by atoms with Crippen LogP contribution in [0.2, 0.25) is 0 Å². The molecule has 0 bridgehead atoms. The Hall–Kier alpha value is -3.00. The first-order valence-corrected chi connectivity index (χ1v) is 7.40. The Morgan fingerprint density at radius 1 is 0.591 bits per heavy atom. The Kier molecular flexibility index (Phi) is 3.13. The van der Waals surface area contributed by atoms with Crippen LogP contribution in [-0.4, -0.2) is 4.98 Å². The number of aromatic amines is 1. The summed E-state index contributed by atoms with van der Waals surface area (Å²) in [6, 6.07) is 29.4. The lowest BCUT2D eigenvalue weighted by Gasteiger charge is -2.26. The average Bonchev–Trinajstić information content (AvgIpc) is 3.07. The van der Waals surface area contributed by atoms with E-state index in [9.17, 15) is 0 Å². The molecule has 0 atom stereocenters. The van der Waals surface area contributed by atoms with Crippen LogP contribution in [0.25, 0.3) is 10.9 Å². The molecule has 0 aliphatic rings. The molecule has 0 saturated carbocycles. The summed E-state index contributed by atoms with van der Waals surface area (Å²) in [7, 11) is 0. The second-order valence-corrected chi connectivity index (χ2v) is 5.22. The standard InChI is InChI=1S/C20H16N2/c1-3-8-16(9-4-1)22(17-10-5-2-6-11-17)20-13-7-12-19-18(20)14-15-21-19/h1-15,21H. The van der Waals surface area contributed by atoms with Crippen LogP contribution in [0, 0.1) is 0 Å². The van der Waals surface area contributed by atoms with Crippen LogP contribution < -0.4 is 4.90 Å². The molecule has 0 unspecified atom stereocenters. The quantitative estimate of drug-likeness (QED) is 0.516. The number of hydrogen-bond acceptors (Lipinski definition) is 1. The van der Waals surface area contributed by atoms with Gasteiger partial charge in [0.1, 0.15) is 0 Å². The molecule has 1 heterocycles. The van der Waals surface area contributed by atoms with E-state index in [0.717, 1.165) is 16.9 Å². The van der Waals surface area contributed by atoms with E-state index in [1.54, 1.807) is 0 Å². The fourth-order valence-corrected chi connectivity index (χ4v) is 2.85. The van der Waals surface area contributed by atoms with Gasteiger partial charge in [-0.3, -0.25) is 0 Å². The number of nitrogens with zero attached hydrogens (tertiary/aromatic N) is 1. The number of anilines is 3. The number of hydrogen-bond donors (Lipinski definition) is 1. The molecule has 106 valence electrons. The second-order valence-electron chi connectivity index (χ2n) is 5.22. The molecule has 0 radical (unpaired) electrons. The zero-order valence-corrected chi connectivity index (χ0v) is 12.1. The number of aromatic nitrogens is 1. The van der Waals surface area contributed by atoms with Gasteiger partial charge in [-0.15, -0.1) is 0 Å². The summed E-state index contributed by atoms with van der Waals surface area (Å²) < 4.78 is 0. The molecule has 4 rings (SSSR count). The van der Waals surface area contributed by atoms with Crippen molar-refractivity contribution in [3.05, 3.63) is 91.1 Å². The van der Waals surface area contributed by atoms with Gasteiger partial charge in [0.2, 0.25) is 0 Å². The number of nitrogens with one attached hydrogen (secondary N) is 1. The molecule has 22 heavy (non-hydrogen) atoms. The summed E-state index contributed by atoms with van der Waals surface area (Å²) in [5.74, 6) is 0. The summed E-state index contributed by atoms with van der Waals surface area (Å²) in [6.07, 6.45) is 1.99. The summed E-state index contributed by atoms with van der Waals surface area (Å²) in [5.41, 5.74) is 4.63. The van der Waals surface area contributed by atoms with Gasteiger partial charge < -0.3 is 9.88 Å². The minimum absolute atomic E-state index is 1.15. The SMILES string of the molecule is c1ccc(N(c2ccccc2)c2cccc3[nH]ccc23)cc1. The molecule has 0 saturated heterocycles. The number of H-pyrrole nitrogens is 1.